The summed E-state index contributed by atoms with van der Waals surface area (Å²) in [6.07, 6.45) is 1.59. The van der Waals surface area contributed by atoms with E-state index in [4.69, 9.17) is 9.47 Å². The Morgan fingerprint density at radius 1 is 1.02 bits per heavy atom. The fourth-order valence-corrected chi connectivity index (χ4v) is 6.18. The van der Waals surface area contributed by atoms with E-state index in [9.17, 15) is 18.7 Å². The summed E-state index contributed by atoms with van der Waals surface area (Å²) < 4.78 is 42.4. The van der Waals surface area contributed by atoms with Crippen molar-refractivity contribution in [2.24, 2.45) is 7.05 Å². The van der Waals surface area contributed by atoms with E-state index in [0.717, 1.165) is 52.4 Å². The number of fused-ring (bicyclic) bond motifs is 2. The highest BCUT2D eigenvalue weighted by Gasteiger charge is 2.28. The van der Waals surface area contributed by atoms with Crippen molar-refractivity contribution in [2.45, 2.75) is 45.8 Å². The predicted octanol–water partition coefficient (Wildman–Crippen LogP) is 7.11. The molecule has 3 aromatic carbocycles. The first kappa shape index (κ1) is 32.8. The number of aromatic nitrogens is 3. The summed E-state index contributed by atoms with van der Waals surface area (Å²) in [5.74, 6) is 0.360. The number of esters is 1. The summed E-state index contributed by atoms with van der Waals surface area (Å²) in [6.45, 7) is 3.32. The number of aliphatic hydroxyl groups excluding tert-OH is 1. The lowest BCUT2D eigenvalue weighted by Gasteiger charge is -2.14. The molecule has 2 heterocycles. The van der Waals surface area contributed by atoms with Crippen LogP contribution in [0.4, 0.5) is 8.78 Å². The second-order valence-corrected chi connectivity index (χ2v) is 11.1. The van der Waals surface area contributed by atoms with E-state index in [1.807, 2.05) is 72.3 Å². The summed E-state index contributed by atoms with van der Waals surface area (Å²) in [6, 6.07) is 19.7. The van der Waals surface area contributed by atoms with E-state index < -0.39 is 18.7 Å². The molecule has 0 aliphatic heterocycles. The van der Waals surface area contributed by atoms with Crippen LogP contribution in [0.15, 0.2) is 66.7 Å². The third-order valence-corrected chi connectivity index (χ3v) is 8.15. The maximum Gasteiger partial charge on any atom is 0.355 e. The van der Waals surface area contributed by atoms with Crippen LogP contribution >= 0.6 is 0 Å². The van der Waals surface area contributed by atoms with Crippen molar-refractivity contribution in [3.63, 3.8) is 0 Å². The smallest absolute Gasteiger partial charge is 0.355 e. The first-order chi connectivity index (χ1) is 22.4. The number of rotatable bonds is 15. The number of carbonyl (C=O) groups excluding carboxylic acids is 1. The Balaban J connectivity index is 1.62. The van der Waals surface area contributed by atoms with Crippen molar-refractivity contribution in [2.75, 3.05) is 26.8 Å². The van der Waals surface area contributed by atoms with E-state index in [-0.39, 0.29) is 12.3 Å². The fraction of sp³-hybridized carbons (Fsp3) is 0.333. The molecular weight excluding hydrogens is 590 g/mol. The molecule has 0 aliphatic rings. The molecule has 0 amide bonds. The Labute approximate surface area is 267 Å². The largest absolute Gasteiger partial charge is 0.493 e. The van der Waals surface area contributed by atoms with E-state index in [1.54, 1.807) is 14.0 Å². The number of aliphatic hydroxyl groups is 1. The van der Waals surface area contributed by atoms with E-state index in [2.05, 4.69) is 10.4 Å². The van der Waals surface area contributed by atoms with Gasteiger partial charge in [0.1, 0.15) is 11.4 Å². The molecular formula is C36H40F2N4O4. The molecule has 10 heteroatoms. The van der Waals surface area contributed by atoms with Crippen LogP contribution in [0.5, 0.6) is 5.75 Å². The van der Waals surface area contributed by atoms with Crippen LogP contribution < -0.4 is 10.1 Å². The van der Waals surface area contributed by atoms with Gasteiger partial charge >= 0.3 is 5.97 Å². The second-order valence-electron chi connectivity index (χ2n) is 11.1. The van der Waals surface area contributed by atoms with Gasteiger partial charge in [-0.1, -0.05) is 54.6 Å². The highest BCUT2D eigenvalue weighted by molar-refractivity contribution is 6.05. The number of nitrogens with zero attached hydrogens (tertiary/aromatic N) is 3. The lowest BCUT2D eigenvalue weighted by atomic mass is 9.98. The van der Waals surface area contributed by atoms with E-state index in [1.165, 1.54) is 4.68 Å². The Hall–Kier alpha value is -4.54. The minimum Gasteiger partial charge on any atom is -0.493 e. The van der Waals surface area contributed by atoms with Crippen LogP contribution in [0.25, 0.3) is 38.9 Å². The zero-order chi connectivity index (χ0) is 32.6. The summed E-state index contributed by atoms with van der Waals surface area (Å²) in [4.78, 5) is 13.7. The Morgan fingerprint density at radius 2 is 1.78 bits per heavy atom. The topological polar surface area (TPSA) is 90.5 Å². The number of benzene rings is 3. The van der Waals surface area contributed by atoms with Gasteiger partial charge in [-0.25, -0.2) is 4.79 Å². The summed E-state index contributed by atoms with van der Waals surface area (Å²) in [7, 11) is 3.51. The highest BCUT2D eigenvalue weighted by Crippen LogP contribution is 2.39. The third-order valence-electron chi connectivity index (χ3n) is 8.15. The molecule has 242 valence electrons. The van der Waals surface area contributed by atoms with Crippen LogP contribution in [0, 0.1) is 0 Å². The SMILES string of the molecule is CCOC(=O)c1c(CCCOc2cccc3ccccc23)c2cccc(-c3c(C=C(F)F)nn(C)c3CO)c2n1CCCCNC. The number of nitrogens with one attached hydrogen (secondary N) is 1. The third kappa shape index (κ3) is 6.83. The van der Waals surface area contributed by atoms with Gasteiger partial charge in [-0.05, 0) is 63.2 Å². The van der Waals surface area contributed by atoms with Crippen molar-refractivity contribution >= 4 is 33.7 Å². The quantitative estimate of drug-likeness (QED) is 0.0947. The maximum atomic E-state index is 13.7. The normalized spacial score (nSPS) is 11.3. The van der Waals surface area contributed by atoms with Crippen LogP contribution in [0.1, 0.15) is 53.6 Å². The van der Waals surface area contributed by atoms with Crippen molar-refractivity contribution in [1.82, 2.24) is 19.7 Å². The zero-order valence-electron chi connectivity index (χ0n) is 26.5. The van der Waals surface area contributed by atoms with Gasteiger partial charge in [-0.15, -0.1) is 0 Å². The number of ether oxygens (including phenoxy) is 2. The van der Waals surface area contributed by atoms with Crippen LogP contribution in [0.2, 0.25) is 0 Å². The molecule has 5 rings (SSSR count). The Bertz CT molecular complexity index is 1850. The molecule has 0 radical (unpaired) electrons. The van der Waals surface area contributed by atoms with Gasteiger partial charge in [0.25, 0.3) is 6.08 Å². The molecule has 2 N–H and O–H groups in total. The first-order valence-corrected chi connectivity index (χ1v) is 15.7. The van der Waals surface area contributed by atoms with E-state index in [0.29, 0.717) is 54.6 Å². The predicted molar refractivity (Wildman–Crippen MR) is 177 cm³/mol. The van der Waals surface area contributed by atoms with Crippen LogP contribution in [-0.4, -0.2) is 52.2 Å². The molecule has 5 aromatic rings. The molecule has 0 unspecified atom stereocenters. The molecule has 0 aliphatic carbocycles. The van der Waals surface area contributed by atoms with Crippen LogP contribution in [-0.2, 0) is 31.4 Å². The molecule has 2 aromatic heterocycles. The molecule has 46 heavy (non-hydrogen) atoms. The zero-order valence-corrected chi connectivity index (χ0v) is 26.5. The van der Waals surface area contributed by atoms with Gasteiger partial charge < -0.3 is 24.5 Å². The number of unbranched alkanes of at least 4 members (excludes halogenated alkanes) is 1. The number of halogens is 2. The molecule has 0 fully saturated rings. The van der Waals surface area contributed by atoms with Gasteiger partial charge in [-0.3, -0.25) is 4.68 Å². The lowest BCUT2D eigenvalue weighted by Crippen LogP contribution is -2.16. The van der Waals surface area contributed by atoms with Crippen molar-refractivity contribution in [3.05, 3.63) is 89.4 Å². The summed E-state index contributed by atoms with van der Waals surface area (Å²) in [5.41, 5.74) is 3.43. The van der Waals surface area contributed by atoms with Gasteiger partial charge in [0.05, 0.1) is 36.7 Å². The molecule has 0 saturated heterocycles. The Kier molecular flexibility index (Phi) is 10.8. The van der Waals surface area contributed by atoms with Crippen molar-refractivity contribution in [1.29, 1.82) is 0 Å². The maximum absolute atomic E-state index is 13.7. The second kappa shape index (κ2) is 15.2. The number of hydrogen-bond donors (Lipinski definition) is 2. The Morgan fingerprint density at radius 3 is 2.54 bits per heavy atom. The van der Waals surface area contributed by atoms with Crippen molar-refractivity contribution in [3.8, 4) is 16.9 Å². The number of aryl methyl sites for hydroxylation is 3. The standard InChI is InChI=1S/C36H40F2N4O4/c1-4-45-36(44)35-27(17-11-21-46-31-18-9-13-24-12-5-6-14-25(24)31)26-15-10-16-28(34(26)42(35)20-8-7-19-39-2)33-29(22-32(37)38)40-41(3)30(33)23-43/h5-6,9-10,12-16,18,22,39,43H,4,7-8,11,17,19-21,23H2,1-3H3. The summed E-state index contributed by atoms with van der Waals surface area (Å²) >= 11 is 0. The molecule has 0 bridgehead atoms. The minimum atomic E-state index is -1.89. The minimum absolute atomic E-state index is 0.0460. The van der Waals surface area contributed by atoms with Crippen molar-refractivity contribution < 1.29 is 28.2 Å². The first-order valence-electron chi connectivity index (χ1n) is 15.7. The molecule has 0 atom stereocenters. The number of hydrogen-bond acceptors (Lipinski definition) is 6. The molecule has 0 saturated carbocycles. The molecule has 0 spiro atoms. The number of carbonyl (C=O) groups is 1. The average Bonchev–Trinajstić information content (AvgIpc) is 3.54. The average molecular weight is 631 g/mol. The lowest BCUT2D eigenvalue weighted by molar-refractivity contribution is 0.0512. The molecule has 8 nitrogen and oxygen atoms in total. The monoisotopic (exact) mass is 630 g/mol. The van der Waals surface area contributed by atoms with E-state index >= 15 is 0 Å². The summed E-state index contributed by atoms with van der Waals surface area (Å²) in [5, 5.41) is 20.7. The highest BCUT2D eigenvalue weighted by atomic mass is 19.3. The fourth-order valence-electron chi connectivity index (χ4n) is 6.18. The van der Waals surface area contributed by atoms with Gasteiger partial charge in [0, 0.05) is 41.6 Å². The van der Waals surface area contributed by atoms with Crippen LogP contribution in [0.3, 0.4) is 0 Å². The number of para-hydroxylation sites is 1. The van der Waals surface area contributed by atoms with Gasteiger partial charge in [0.15, 0.2) is 0 Å². The van der Waals surface area contributed by atoms with Gasteiger partial charge in [0.2, 0.25) is 0 Å². The van der Waals surface area contributed by atoms with Gasteiger partial charge in [-0.2, -0.15) is 13.9 Å².